The number of para-hydroxylation sites is 6. The van der Waals surface area contributed by atoms with E-state index in [1.807, 2.05) is 36.4 Å². The fraction of sp³-hybridized carbons (Fsp3) is 0. The maximum atomic E-state index is 6.20. The fourth-order valence-corrected chi connectivity index (χ4v) is 7.85. The average Bonchev–Trinajstić information content (AvgIpc) is 3.18. The molecule has 126 valence electrons. The third kappa shape index (κ3) is 2.65. The predicted molar refractivity (Wildman–Crippen MR) is 88.8 cm³/mol. The Morgan fingerprint density at radius 3 is 0.741 bits per heavy atom. The van der Waals surface area contributed by atoms with E-state index in [4.69, 9.17) is 26.6 Å². The van der Waals surface area contributed by atoms with Crippen molar-refractivity contribution < 1.29 is 129 Å². The number of benzene rings is 3. The molecule has 3 heterocycles. The van der Waals surface area contributed by atoms with Crippen molar-refractivity contribution in [1.82, 2.24) is 0 Å². The predicted octanol–water partition coefficient (Wildman–Crippen LogP) is -2.25. The van der Waals surface area contributed by atoms with Gasteiger partial charge < -0.3 is 0 Å². The van der Waals surface area contributed by atoms with E-state index in [1.165, 1.54) is 0 Å². The first-order valence-electron chi connectivity index (χ1n) is 7.93. The molecule has 0 amide bonds. The van der Waals surface area contributed by atoms with Crippen LogP contribution < -0.4 is 129 Å². The average molecular weight is 431 g/mol. The molecule has 3 aromatic carbocycles. The van der Waals surface area contributed by atoms with Crippen molar-refractivity contribution in [3.8, 4) is 34.5 Å². The van der Waals surface area contributed by atoms with Gasteiger partial charge in [-0.2, -0.15) is 0 Å². The van der Waals surface area contributed by atoms with Crippen LogP contribution in [0.2, 0.25) is 0 Å². The zero-order valence-corrected chi connectivity index (χ0v) is 22.1. The summed E-state index contributed by atoms with van der Waals surface area (Å²) in [5.41, 5.74) is 0. The maximum absolute atomic E-state index is 6.20. The first-order chi connectivity index (χ1) is 12.1. The van der Waals surface area contributed by atoms with Gasteiger partial charge in [-0.1, -0.05) is 0 Å². The van der Waals surface area contributed by atoms with Gasteiger partial charge in [0.1, 0.15) is 0 Å². The monoisotopic (exact) mass is 430 g/mol. The van der Waals surface area contributed by atoms with Crippen molar-refractivity contribution in [2.45, 2.75) is 0 Å². The topological polar surface area (TPSA) is 55.4 Å². The molecule has 0 atom stereocenters. The molecule has 0 aromatic heterocycles. The van der Waals surface area contributed by atoms with Crippen molar-refractivity contribution in [2.24, 2.45) is 0 Å². The van der Waals surface area contributed by atoms with Gasteiger partial charge in [0.25, 0.3) is 0 Å². The summed E-state index contributed by atoms with van der Waals surface area (Å²) >= 11 is 0. The molecule has 6 rings (SSSR count). The first-order valence-corrected chi connectivity index (χ1v) is 10.4. The minimum atomic E-state index is -5.84. The van der Waals surface area contributed by atoms with Crippen LogP contribution in [-0.2, 0) is 0 Å². The Labute approximate surface area is 240 Å². The van der Waals surface area contributed by atoms with Crippen LogP contribution in [0.25, 0.3) is 0 Å². The Kier molecular flexibility index (Phi) is 4.66. The molecule has 6 nitrogen and oxygen atoms in total. The molecule has 0 aliphatic carbocycles. The Hall–Kier alpha value is -0.0504. The van der Waals surface area contributed by atoms with Crippen molar-refractivity contribution in [1.29, 1.82) is 0 Å². The number of fused-ring (bicyclic) bond motifs is 3. The summed E-state index contributed by atoms with van der Waals surface area (Å²) in [6.45, 7) is 0. The first kappa shape index (κ1) is 20.2. The number of rotatable bonds is 0. The van der Waals surface area contributed by atoms with Crippen LogP contribution in [-0.4, -0.2) is 8.09 Å². The van der Waals surface area contributed by atoms with E-state index < -0.39 is 8.09 Å². The molecule has 0 saturated heterocycles. The van der Waals surface area contributed by atoms with E-state index in [1.54, 1.807) is 36.4 Å². The van der Waals surface area contributed by atoms with E-state index in [-0.39, 0.29) is 103 Å². The van der Waals surface area contributed by atoms with Crippen molar-refractivity contribution in [3.05, 3.63) is 72.8 Å². The molecule has 1 spiro atoms. The standard InChI is InChI=1S/C18H12O6Si.2K/c1-2-8-14-13(7-1)19-25(20-14,21-15-9-3-4-10-16(15)22-25)23-17-11-5-6-12-18(17)24-25;;/h1-12H;;/q-2;2*+1. The quantitative estimate of drug-likeness (QED) is 0.376. The van der Waals surface area contributed by atoms with E-state index in [0.29, 0.717) is 34.5 Å². The van der Waals surface area contributed by atoms with Crippen LogP contribution in [0.5, 0.6) is 34.5 Å². The van der Waals surface area contributed by atoms with Crippen molar-refractivity contribution in [2.75, 3.05) is 0 Å². The summed E-state index contributed by atoms with van der Waals surface area (Å²) in [6, 6.07) is 21.5. The molecule has 0 fully saturated rings. The van der Waals surface area contributed by atoms with Gasteiger partial charge in [-0.25, -0.2) is 0 Å². The van der Waals surface area contributed by atoms with Crippen LogP contribution in [0.1, 0.15) is 0 Å². The Morgan fingerprint density at radius 2 is 0.556 bits per heavy atom. The third-order valence-electron chi connectivity index (χ3n) is 4.46. The van der Waals surface area contributed by atoms with Gasteiger partial charge in [-0.3, -0.25) is 0 Å². The molecule has 0 radical (unpaired) electrons. The van der Waals surface area contributed by atoms with Crippen LogP contribution >= 0.6 is 0 Å². The number of hydrogen-bond donors (Lipinski definition) is 0. The Balaban J connectivity index is 0.000000900. The molecule has 0 unspecified atom stereocenters. The van der Waals surface area contributed by atoms with E-state index in [2.05, 4.69) is 0 Å². The van der Waals surface area contributed by atoms with Gasteiger partial charge in [0.05, 0.1) is 0 Å². The van der Waals surface area contributed by atoms with Gasteiger partial charge in [0, 0.05) is 0 Å². The summed E-state index contributed by atoms with van der Waals surface area (Å²) in [5.74, 6) is 2.63. The molecule has 0 N–H and O–H groups in total. The fourth-order valence-electron chi connectivity index (χ4n) is 3.52. The summed E-state index contributed by atoms with van der Waals surface area (Å²) in [4.78, 5) is 0. The van der Waals surface area contributed by atoms with Gasteiger partial charge >= 0.3 is 245 Å². The zero-order chi connectivity index (χ0) is 16.6. The SMILES string of the molecule is [K+].[K+].c1ccc2c(c1)O[Si-2]13(O2)(Oc2ccccc2O1)Oc1ccccc1O3. The van der Waals surface area contributed by atoms with Crippen LogP contribution in [0.3, 0.4) is 0 Å². The van der Waals surface area contributed by atoms with Crippen molar-refractivity contribution >= 4 is 8.09 Å². The van der Waals surface area contributed by atoms with Crippen LogP contribution in [0.15, 0.2) is 72.8 Å². The summed E-state index contributed by atoms with van der Waals surface area (Å²) in [6.07, 6.45) is 0. The molecular weight excluding hydrogens is 418 g/mol. The molecule has 27 heavy (non-hydrogen) atoms. The van der Waals surface area contributed by atoms with E-state index in [0.717, 1.165) is 0 Å². The molecule has 3 aliphatic rings. The molecule has 3 aliphatic heterocycles. The Morgan fingerprint density at radius 1 is 0.370 bits per heavy atom. The van der Waals surface area contributed by atoms with Gasteiger partial charge in [0.2, 0.25) is 0 Å². The second-order valence-corrected chi connectivity index (χ2v) is 9.93. The van der Waals surface area contributed by atoms with Crippen LogP contribution in [0.4, 0.5) is 0 Å². The molecule has 3 aromatic rings. The van der Waals surface area contributed by atoms with Crippen molar-refractivity contribution in [3.63, 3.8) is 0 Å². The summed E-state index contributed by atoms with van der Waals surface area (Å²) in [5, 5.41) is 0. The van der Waals surface area contributed by atoms with Gasteiger partial charge in [-0.05, 0) is 0 Å². The molecular formula is C18H12K2O6Si. The molecule has 9 heteroatoms. The minimum absolute atomic E-state index is 0. The van der Waals surface area contributed by atoms with Crippen LogP contribution in [0, 0.1) is 0 Å². The second-order valence-electron chi connectivity index (χ2n) is 6.20. The normalized spacial score (nSPS) is 21.8. The number of hydrogen-bond acceptors (Lipinski definition) is 6. The second kappa shape index (κ2) is 6.22. The summed E-state index contributed by atoms with van der Waals surface area (Å²) < 4.78 is 37.2. The summed E-state index contributed by atoms with van der Waals surface area (Å²) in [7, 11) is -5.84. The molecule has 0 saturated carbocycles. The molecule has 0 bridgehead atoms. The third-order valence-corrected chi connectivity index (χ3v) is 8.28. The van der Waals surface area contributed by atoms with Gasteiger partial charge in [-0.15, -0.1) is 0 Å². The van der Waals surface area contributed by atoms with Gasteiger partial charge in [0.15, 0.2) is 0 Å². The Bertz CT molecular complexity index is 856. The van der Waals surface area contributed by atoms with E-state index in [9.17, 15) is 0 Å². The van der Waals surface area contributed by atoms with E-state index >= 15 is 0 Å². The zero-order valence-electron chi connectivity index (χ0n) is 14.9.